The van der Waals surface area contributed by atoms with Gasteiger partial charge in [0.1, 0.15) is 5.82 Å². The molecule has 3 nitrogen and oxygen atoms in total. The highest BCUT2D eigenvalue weighted by Gasteiger charge is 2.29. The predicted octanol–water partition coefficient (Wildman–Crippen LogP) is 2.19. The summed E-state index contributed by atoms with van der Waals surface area (Å²) in [4.78, 5) is 9.19. The van der Waals surface area contributed by atoms with Crippen molar-refractivity contribution in [2.75, 3.05) is 0 Å². The van der Waals surface area contributed by atoms with Crippen LogP contribution in [0.25, 0.3) is 0 Å². The molecule has 16 heavy (non-hydrogen) atoms. The van der Waals surface area contributed by atoms with Gasteiger partial charge in [0.15, 0.2) is 0 Å². The second kappa shape index (κ2) is 4.50. The van der Waals surface area contributed by atoms with Crippen LogP contribution in [0.4, 0.5) is 0 Å². The molecule has 3 heteroatoms. The first-order chi connectivity index (χ1) is 7.54. The molecule has 2 rings (SSSR count). The maximum atomic E-state index is 5.81. The van der Waals surface area contributed by atoms with Gasteiger partial charge >= 0.3 is 0 Å². The van der Waals surface area contributed by atoms with E-state index in [1.165, 1.54) is 5.69 Å². The number of hydrogen-bond acceptors (Lipinski definition) is 3. The molecule has 0 bridgehead atoms. The molecule has 1 aromatic heterocycles. The lowest BCUT2D eigenvalue weighted by atomic mass is 9.80. The Kier molecular flexibility index (Phi) is 3.24. The second-order valence-corrected chi connectivity index (χ2v) is 5.39. The van der Waals surface area contributed by atoms with Crippen molar-refractivity contribution in [1.82, 2.24) is 9.97 Å². The fraction of sp³-hybridized carbons (Fsp3) is 0.692. The third kappa shape index (κ3) is 2.59. The van der Waals surface area contributed by atoms with Gasteiger partial charge in [-0.25, -0.2) is 9.97 Å². The zero-order chi connectivity index (χ0) is 11.7. The Balaban J connectivity index is 2.15. The number of nitrogens with two attached hydrogens (primary N) is 1. The van der Waals surface area contributed by atoms with E-state index < -0.39 is 0 Å². The van der Waals surface area contributed by atoms with Crippen LogP contribution in [0.5, 0.6) is 0 Å². The highest BCUT2D eigenvalue weighted by Crippen LogP contribution is 2.33. The fourth-order valence-electron chi connectivity index (χ4n) is 2.24. The third-order valence-electron chi connectivity index (χ3n) is 3.08. The van der Waals surface area contributed by atoms with E-state index in [9.17, 15) is 0 Å². The Morgan fingerprint density at radius 3 is 2.62 bits per heavy atom. The van der Waals surface area contributed by atoms with Crippen molar-refractivity contribution in [3.63, 3.8) is 0 Å². The van der Waals surface area contributed by atoms with Crippen LogP contribution in [0.2, 0.25) is 0 Å². The van der Waals surface area contributed by atoms with E-state index in [0.29, 0.717) is 17.9 Å². The molecule has 88 valence electrons. The van der Waals surface area contributed by atoms with E-state index in [0.717, 1.165) is 30.8 Å². The van der Waals surface area contributed by atoms with E-state index in [1.54, 1.807) is 0 Å². The van der Waals surface area contributed by atoms with E-state index in [4.69, 9.17) is 5.73 Å². The van der Waals surface area contributed by atoms with E-state index >= 15 is 0 Å². The molecule has 1 heterocycles. The number of hydrogen-bond donors (Lipinski definition) is 1. The monoisotopic (exact) mass is 219 g/mol. The summed E-state index contributed by atoms with van der Waals surface area (Å²) in [5.41, 5.74) is 8.07. The van der Waals surface area contributed by atoms with Crippen molar-refractivity contribution in [1.29, 1.82) is 0 Å². The molecule has 1 aliphatic rings. The summed E-state index contributed by atoms with van der Waals surface area (Å²) in [7, 11) is 0. The van der Waals surface area contributed by atoms with Gasteiger partial charge < -0.3 is 5.73 Å². The molecule has 2 N–H and O–H groups in total. The molecule has 0 aliphatic heterocycles. The summed E-state index contributed by atoms with van der Waals surface area (Å²) in [5.74, 6) is 2.16. The van der Waals surface area contributed by atoms with Gasteiger partial charge in [-0.2, -0.15) is 0 Å². The summed E-state index contributed by atoms with van der Waals surface area (Å²) in [6.07, 6.45) is 3.13. The lowest BCUT2D eigenvalue weighted by Crippen LogP contribution is -2.35. The zero-order valence-electron chi connectivity index (χ0n) is 10.4. The van der Waals surface area contributed by atoms with Gasteiger partial charge in [0.05, 0.1) is 0 Å². The Bertz CT molecular complexity index is 367. The minimum Gasteiger partial charge on any atom is -0.328 e. The SMILES string of the molecule is Cc1cc(CC(C)C)nc(C2CC(N)C2)n1. The van der Waals surface area contributed by atoms with E-state index in [2.05, 4.69) is 29.9 Å². The number of aryl methyl sites for hydroxylation is 1. The molecular weight excluding hydrogens is 198 g/mol. The number of aromatic nitrogens is 2. The minimum atomic E-state index is 0.364. The Morgan fingerprint density at radius 2 is 2.06 bits per heavy atom. The second-order valence-electron chi connectivity index (χ2n) is 5.39. The highest BCUT2D eigenvalue weighted by molar-refractivity contribution is 5.15. The smallest absolute Gasteiger partial charge is 0.132 e. The molecule has 1 aliphatic carbocycles. The largest absolute Gasteiger partial charge is 0.328 e. The van der Waals surface area contributed by atoms with E-state index in [-0.39, 0.29) is 0 Å². The lowest BCUT2D eigenvalue weighted by molar-refractivity contribution is 0.336. The van der Waals surface area contributed by atoms with Crippen molar-refractivity contribution < 1.29 is 0 Å². The summed E-state index contributed by atoms with van der Waals surface area (Å²) in [6, 6.07) is 2.46. The molecule has 1 aromatic rings. The summed E-state index contributed by atoms with van der Waals surface area (Å²) in [6.45, 7) is 6.49. The number of rotatable bonds is 3. The summed E-state index contributed by atoms with van der Waals surface area (Å²) in [5, 5.41) is 0. The molecular formula is C13H21N3. The molecule has 0 amide bonds. The Hall–Kier alpha value is -0.960. The van der Waals surface area contributed by atoms with Gasteiger partial charge in [0, 0.05) is 23.3 Å². The van der Waals surface area contributed by atoms with Gasteiger partial charge in [-0.05, 0) is 38.2 Å². The first-order valence-corrected chi connectivity index (χ1v) is 6.14. The van der Waals surface area contributed by atoms with Crippen LogP contribution < -0.4 is 5.73 Å². The van der Waals surface area contributed by atoms with Crippen LogP contribution in [0.1, 0.15) is 49.8 Å². The van der Waals surface area contributed by atoms with Gasteiger partial charge in [0.2, 0.25) is 0 Å². The van der Waals surface area contributed by atoms with Crippen molar-refractivity contribution >= 4 is 0 Å². The molecule has 1 saturated carbocycles. The van der Waals surface area contributed by atoms with Gasteiger partial charge in [-0.15, -0.1) is 0 Å². The fourth-order valence-corrected chi connectivity index (χ4v) is 2.24. The van der Waals surface area contributed by atoms with Crippen LogP contribution in [0.3, 0.4) is 0 Å². The quantitative estimate of drug-likeness (QED) is 0.847. The molecule has 1 fully saturated rings. The standard InChI is InChI=1S/C13H21N3/c1-8(2)4-12-5-9(3)15-13(16-12)10-6-11(14)7-10/h5,8,10-11H,4,6-7,14H2,1-3H3. The minimum absolute atomic E-state index is 0.364. The first-order valence-electron chi connectivity index (χ1n) is 6.14. The van der Waals surface area contributed by atoms with Crippen LogP contribution in [0.15, 0.2) is 6.07 Å². The molecule has 0 atom stereocenters. The lowest BCUT2D eigenvalue weighted by Gasteiger charge is -2.31. The summed E-state index contributed by atoms with van der Waals surface area (Å²) < 4.78 is 0. The van der Waals surface area contributed by atoms with Crippen LogP contribution in [-0.2, 0) is 6.42 Å². The average molecular weight is 219 g/mol. The van der Waals surface area contributed by atoms with Gasteiger partial charge in [-0.1, -0.05) is 13.8 Å². The highest BCUT2D eigenvalue weighted by atomic mass is 14.9. The van der Waals surface area contributed by atoms with Crippen LogP contribution in [0, 0.1) is 12.8 Å². The number of nitrogens with zero attached hydrogens (tertiary/aromatic N) is 2. The van der Waals surface area contributed by atoms with E-state index in [1.807, 2.05) is 6.92 Å². The van der Waals surface area contributed by atoms with Gasteiger partial charge in [0.25, 0.3) is 0 Å². The maximum Gasteiger partial charge on any atom is 0.132 e. The normalized spacial score (nSPS) is 24.6. The van der Waals surface area contributed by atoms with Crippen molar-refractivity contribution in [3.8, 4) is 0 Å². The van der Waals surface area contributed by atoms with Gasteiger partial charge in [-0.3, -0.25) is 0 Å². The zero-order valence-corrected chi connectivity index (χ0v) is 10.4. The van der Waals surface area contributed by atoms with Crippen LogP contribution in [-0.4, -0.2) is 16.0 Å². The predicted molar refractivity (Wildman–Crippen MR) is 65.3 cm³/mol. The average Bonchev–Trinajstić information content (AvgIpc) is 2.10. The summed E-state index contributed by atoms with van der Waals surface area (Å²) >= 11 is 0. The molecule has 0 saturated heterocycles. The molecule has 0 radical (unpaired) electrons. The van der Waals surface area contributed by atoms with Crippen molar-refractivity contribution in [2.24, 2.45) is 11.7 Å². The Morgan fingerprint density at radius 1 is 1.38 bits per heavy atom. The third-order valence-corrected chi connectivity index (χ3v) is 3.08. The molecule has 0 spiro atoms. The Labute approximate surface area is 97.5 Å². The molecule has 0 unspecified atom stereocenters. The van der Waals surface area contributed by atoms with Crippen molar-refractivity contribution in [2.45, 2.75) is 52.0 Å². The topological polar surface area (TPSA) is 51.8 Å². The maximum absolute atomic E-state index is 5.81. The van der Waals surface area contributed by atoms with Crippen LogP contribution >= 0.6 is 0 Å². The first kappa shape index (κ1) is 11.5. The van der Waals surface area contributed by atoms with Crippen molar-refractivity contribution in [3.05, 3.63) is 23.3 Å². The molecule has 0 aromatic carbocycles.